The molecule has 1 aliphatic rings. The van der Waals surface area contributed by atoms with Crippen molar-refractivity contribution in [3.8, 4) is 11.5 Å². The second-order valence-electron chi connectivity index (χ2n) is 6.66. The Morgan fingerprint density at radius 1 is 1.31 bits per heavy atom. The summed E-state index contributed by atoms with van der Waals surface area (Å²) in [5, 5.41) is 3.97. The highest BCUT2D eigenvalue weighted by Crippen LogP contribution is 2.34. The molecule has 140 valence electrons. The minimum atomic E-state index is -0.0818. The van der Waals surface area contributed by atoms with Gasteiger partial charge in [0.05, 0.1) is 25.0 Å². The van der Waals surface area contributed by atoms with E-state index in [0.29, 0.717) is 19.0 Å². The summed E-state index contributed by atoms with van der Waals surface area (Å²) >= 11 is 1.43. The maximum atomic E-state index is 12.5. The lowest BCUT2D eigenvalue weighted by atomic mass is 9.95. The number of aryl methyl sites for hydroxylation is 1. The number of carbonyl (C=O) groups excluding carboxylic acids is 1. The van der Waals surface area contributed by atoms with Gasteiger partial charge in [-0.05, 0) is 23.6 Å². The number of benzene rings is 1. The highest BCUT2D eigenvalue weighted by Gasteiger charge is 2.21. The van der Waals surface area contributed by atoms with Gasteiger partial charge in [-0.3, -0.25) is 4.79 Å². The van der Waals surface area contributed by atoms with Crippen LogP contribution in [0.3, 0.4) is 0 Å². The summed E-state index contributed by atoms with van der Waals surface area (Å²) in [5.74, 6) is 2.09. The first-order valence-corrected chi connectivity index (χ1v) is 9.82. The highest BCUT2D eigenvalue weighted by atomic mass is 32.2. The number of hydrogen-bond donors (Lipinski definition) is 1. The first kappa shape index (κ1) is 18.6. The predicted molar refractivity (Wildman–Crippen MR) is 102 cm³/mol. The fourth-order valence-corrected chi connectivity index (χ4v) is 3.59. The van der Waals surface area contributed by atoms with E-state index in [0.717, 1.165) is 28.6 Å². The van der Waals surface area contributed by atoms with Crippen LogP contribution in [0.5, 0.6) is 11.5 Å². The smallest absolute Gasteiger partial charge is 0.230 e. The van der Waals surface area contributed by atoms with E-state index in [9.17, 15) is 4.79 Å². The number of fused-ring (bicyclic) bond motifs is 1. The van der Waals surface area contributed by atoms with Crippen molar-refractivity contribution in [1.29, 1.82) is 0 Å². The van der Waals surface area contributed by atoms with Crippen LogP contribution in [0.4, 0.5) is 0 Å². The zero-order valence-electron chi connectivity index (χ0n) is 15.4. The van der Waals surface area contributed by atoms with Crippen LogP contribution in [0, 0.1) is 5.92 Å². The number of aromatic nitrogens is 2. The van der Waals surface area contributed by atoms with Gasteiger partial charge in [0.1, 0.15) is 0 Å². The number of thioether (sulfide) groups is 1. The van der Waals surface area contributed by atoms with Crippen molar-refractivity contribution in [3.63, 3.8) is 0 Å². The Morgan fingerprint density at radius 3 is 2.77 bits per heavy atom. The second kappa shape index (κ2) is 8.49. The molecule has 1 atom stereocenters. The third kappa shape index (κ3) is 4.52. The number of ether oxygens (including phenoxy) is 2. The van der Waals surface area contributed by atoms with Gasteiger partial charge in [-0.2, -0.15) is 0 Å². The van der Waals surface area contributed by atoms with E-state index in [2.05, 4.69) is 24.1 Å². The van der Waals surface area contributed by atoms with Crippen LogP contribution in [-0.4, -0.2) is 34.4 Å². The molecule has 0 unspecified atom stereocenters. The average Bonchev–Trinajstić information content (AvgIpc) is 2.89. The van der Waals surface area contributed by atoms with E-state index < -0.39 is 0 Å². The summed E-state index contributed by atoms with van der Waals surface area (Å²) in [6.07, 6.45) is 4.47. The number of carbonyl (C=O) groups is 1. The van der Waals surface area contributed by atoms with Gasteiger partial charge < -0.3 is 19.4 Å². The number of nitrogens with zero attached hydrogens (tertiary/aromatic N) is 2. The van der Waals surface area contributed by atoms with Crippen molar-refractivity contribution in [2.24, 2.45) is 13.0 Å². The van der Waals surface area contributed by atoms with Gasteiger partial charge in [0, 0.05) is 25.9 Å². The summed E-state index contributed by atoms with van der Waals surface area (Å²) < 4.78 is 13.4. The Hall–Kier alpha value is -2.15. The molecule has 0 radical (unpaired) electrons. The summed E-state index contributed by atoms with van der Waals surface area (Å²) in [5.41, 5.74) is 1.03. The highest BCUT2D eigenvalue weighted by molar-refractivity contribution is 7.99. The van der Waals surface area contributed by atoms with E-state index in [1.54, 1.807) is 6.20 Å². The maximum absolute atomic E-state index is 12.5. The molecular formula is C19H25N3O3S. The summed E-state index contributed by atoms with van der Waals surface area (Å²) in [6.45, 7) is 5.51. The lowest BCUT2D eigenvalue weighted by molar-refractivity contribution is -0.119. The van der Waals surface area contributed by atoms with E-state index in [4.69, 9.17) is 9.47 Å². The summed E-state index contributed by atoms with van der Waals surface area (Å²) in [4.78, 5) is 16.7. The minimum absolute atomic E-state index is 0.0104. The Bertz CT molecular complexity index is 760. The monoisotopic (exact) mass is 375 g/mol. The van der Waals surface area contributed by atoms with E-state index in [-0.39, 0.29) is 17.9 Å². The summed E-state index contributed by atoms with van der Waals surface area (Å²) in [7, 11) is 1.92. The SMILES string of the molecule is CC(C)[C@@H](NC(=O)CSc1nccn1C)c1ccc2c(c1)OCCCO2. The molecule has 26 heavy (non-hydrogen) atoms. The third-order valence-electron chi connectivity index (χ3n) is 4.22. The molecule has 1 aromatic heterocycles. The topological polar surface area (TPSA) is 65.4 Å². The van der Waals surface area contributed by atoms with Crippen molar-refractivity contribution in [2.45, 2.75) is 31.5 Å². The van der Waals surface area contributed by atoms with Crippen LogP contribution in [0.25, 0.3) is 0 Å². The van der Waals surface area contributed by atoms with Crippen LogP contribution >= 0.6 is 11.8 Å². The quantitative estimate of drug-likeness (QED) is 0.786. The normalized spacial score (nSPS) is 14.8. The number of amides is 1. The molecule has 0 spiro atoms. The molecule has 0 saturated carbocycles. The number of rotatable bonds is 6. The molecule has 0 fully saturated rings. The average molecular weight is 375 g/mol. The van der Waals surface area contributed by atoms with Gasteiger partial charge in [0.25, 0.3) is 0 Å². The van der Waals surface area contributed by atoms with Crippen LogP contribution in [-0.2, 0) is 11.8 Å². The van der Waals surface area contributed by atoms with Crippen LogP contribution < -0.4 is 14.8 Å². The molecule has 7 heteroatoms. The van der Waals surface area contributed by atoms with Gasteiger partial charge in [-0.15, -0.1) is 0 Å². The predicted octanol–water partition coefficient (Wildman–Crippen LogP) is 3.19. The fourth-order valence-electron chi connectivity index (χ4n) is 2.84. The molecule has 6 nitrogen and oxygen atoms in total. The number of imidazole rings is 1. The Labute approximate surface area is 158 Å². The first-order valence-electron chi connectivity index (χ1n) is 8.83. The standard InChI is InChI=1S/C19H25N3O3S/c1-13(2)18(21-17(23)12-26-19-20-7-8-22(19)3)14-5-6-15-16(11-14)25-10-4-9-24-15/h5-8,11,13,18H,4,9-10,12H2,1-3H3,(H,21,23)/t18-/m1/s1. The molecule has 2 heterocycles. The van der Waals surface area contributed by atoms with Crippen molar-refractivity contribution in [3.05, 3.63) is 36.2 Å². The van der Waals surface area contributed by atoms with Gasteiger partial charge in [0.15, 0.2) is 16.7 Å². The molecule has 1 N–H and O–H groups in total. The second-order valence-corrected chi connectivity index (χ2v) is 7.60. The Kier molecular flexibility index (Phi) is 6.08. The van der Waals surface area contributed by atoms with Gasteiger partial charge >= 0.3 is 0 Å². The van der Waals surface area contributed by atoms with Gasteiger partial charge in [0.2, 0.25) is 5.91 Å². The molecular weight excluding hydrogens is 350 g/mol. The fraction of sp³-hybridized carbons (Fsp3) is 0.474. The summed E-state index contributed by atoms with van der Waals surface area (Å²) in [6, 6.07) is 5.84. The first-order chi connectivity index (χ1) is 12.5. The van der Waals surface area contributed by atoms with Crippen LogP contribution in [0.15, 0.2) is 35.7 Å². The zero-order chi connectivity index (χ0) is 18.5. The largest absolute Gasteiger partial charge is 0.490 e. The molecule has 0 bridgehead atoms. The molecule has 0 saturated heterocycles. The molecule has 1 aliphatic heterocycles. The van der Waals surface area contributed by atoms with Crippen molar-refractivity contribution in [1.82, 2.24) is 14.9 Å². The lowest BCUT2D eigenvalue weighted by Crippen LogP contribution is -2.33. The van der Waals surface area contributed by atoms with Gasteiger partial charge in [-0.25, -0.2) is 4.98 Å². The van der Waals surface area contributed by atoms with Crippen molar-refractivity contribution in [2.75, 3.05) is 19.0 Å². The molecule has 2 aromatic rings. The molecule has 1 amide bonds. The Morgan fingerprint density at radius 2 is 2.08 bits per heavy atom. The lowest BCUT2D eigenvalue weighted by Gasteiger charge is -2.24. The van der Waals surface area contributed by atoms with Gasteiger partial charge in [-0.1, -0.05) is 31.7 Å². The Balaban J connectivity index is 1.68. The van der Waals surface area contributed by atoms with E-state index >= 15 is 0 Å². The zero-order valence-corrected chi connectivity index (χ0v) is 16.2. The third-order valence-corrected chi connectivity index (χ3v) is 5.28. The van der Waals surface area contributed by atoms with Crippen molar-refractivity contribution >= 4 is 17.7 Å². The van der Waals surface area contributed by atoms with E-state index in [1.807, 2.05) is 36.0 Å². The van der Waals surface area contributed by atoms with Crippen LogP contribution in [0.2, 0.25) is 0 Å². The number of hydrogen-bond acceptors (Lipinski definition) is 5. The van der Waals surface area contributed by atoms with Crippen LogP contribution in [0.1, 0.15) is 31.9 Å². The minimum Gasteiger partial charge on any atom is -0.490 e. The number of nitrogens with one attached hydrogen (secondary N) is 1. The van der Waals surface area contributed by atoms with Crippen molar-refractivity contribution < 1.29 is 14.3 Å². The molecule has 0 aliphatic carbocycles. The maximum Gasteiger partial charge on any atom is 0.230 e. The molecule has 1 aromatic carbocycles. The molecule has 3 rings (SSSR count). The van der Waals surface area contributed by atoms with E-state index in [1.165, 1.54) is 11.8 Å².